The van der Waals surface area contributed by atoms with Gasteiger partial charge >= 0.3 is 0 Å². The zero-order valence-electron chi connectivity index (χ0n) is 27.5. The van der Waals surface area contributed by atoms with E-state index in [1.165, 1.54) is 11.1 Å². The van der Waals surface area contributed by atoms with Crippen molar-refractivity contribution in [2.45, 2.75) is 0 Å². The number of pyridine rings is 2. The second-order valence-corrected chi connectivity index (χ2v) is 12.7. The Morgan fingerprint density at radius 1 is 0.353 bits per heavy atom. The molecule has 10 rings (SSSR count). The Morgan fingerprint density at radius 2 is 0.922 bits per heavy atom. The van der Waals surface area contributed by atoms with Crippen molar-refractivity contribution in [1.29, 1.82) is 0 Å². The summed E-state index contributed by atoms with van der Waals surface area (Å²) in [6.45, 7) is 0. The molecular formula is C46H29N5. The second-order valence-electron chi connectivity index (χ2n) is 12.7. The molecule has 0 radical (unpaired) electrons. The Bertz CT molecular complexity index is 2890. The van der Waals surface area contributed by atoms with Gasteiger partial charge in [0.1, 0.15) is 11.2 Å². The number of nitrogens with zero attached hydrogens (tertiary/aromatic N) is 5. The third kappa shape index (κ3) is 5.03. The molecule has 0 spiro atoms. The third-order valence-electron chi connectivity index (χ3n) is 9.64. The van der Waals surface area contributed by atoms with E-state index < -0.39 is 0 Å². The molecule has 4 heterocycles. The highest BCUT2D eigenvalue weighted by atomic mass is 15.1. The van der Waals surface area contributed by atoms with Gasteiger partial charge < -0.3 is 0 Å². The topological polar surface area (TPSA) is 56.0 Å². The van der Waals surface area contributed by atoms with Crippen LogP contribution in [0.25, 0.3) is 94.6 Å². The van der Waals surface area contributed by atoms with Gasteiger partial charge in [-0.2, -0.15) is 0 Å². The molecule has 10 aromatic rings. The first-order valence-electron chi connectivity index (χ1n) is 17.1. The van der Waals surface area contributed by atoms with E-state index in [-0.39, 0.29) is 0 Å². The highest BCUT2D eigenvalue weighted by molar-refractivity contribution is 6.09. The van der Waals surface area contributed by atoms with Crippen molar-refractivity contribution in [2.75, 3.05) is 0 Å². The zero-order chi connectivity index (χ0) is 33.7. The fourth-order valence-electron chi connectivity index (χ4n) is 7.09. The van der Waals surface area contributed by atoms with E-state index in [0.29, 0.717) is 5.82 Å². The van der Waals surface area contributed by atoms with E-state index in [4.69, 9.17) is 19.9 Å². The van der Waals surface area contributed by atoms with Gasteiger partial charge in [-0.1, -0.05) is 146 Å². The van der Waals surface area contributed by atoms with Crippen molar-refractivity contribution in [1.82, 2.24) is 24.3 Å². The minimum Gasteiger partial charge on any atom is -0.284 e. The Balaban J connectivity index is 1.02. The Hall–Kier alpha value is -6.98. The number of hydrogen-bond acceptors (Lipinski definition) is 4. The van der Waals surface area contributed by atoms with Crippen LogP contribution in [-0.4, -0.2) is 24.3 Å². The van der Waals surface area contributed by atoms with Crippen molar-refractivity contribution in [3.05, 3.63) is 176 Å². The van der Waals surface area contributed by atoms with Gasteiger partial charge in [0.15, 0.2) is 11.5 Å². The van der Waals surface area contributed by atoms with Gasteiger partial charge in [-0.25, -0.2) is 19.9 Å². The van der Waals surface area contributed by atoms with Gasteiger partial charge in [0.25, 0.3) is 0 Å². The first-order chi connectivity index (χ1) is 25.3. The van der Waals surface area contributed by atoms with Crippen LogP contribution in [0.4, 0.5) is 0 Å². The molecule has 0 atom stereocenters. The normalized spacial score (nSPS) is 11.5. The summed E-state index contributed by atoms with van der Waals surface area (Å²) in [5, 5.41) is 3.21. The molecule has 238 valence electrons. The quantitative estimate of drug-likeness (QED) is 0.186. The summed E-state index contributed by atoms with van der Waals surface area (Å²) in [5.41, 5.74) is 13.1. The molecule has 0 bridgehead atoms. The summed E-state index contributed by atoms with van der Waals surface area (Å²) < 4.78 is 2.06. The predicted molar refractivity (Wildman–Crippen MR) is 208 cm³/mol. The van der Waals surface area contributed by atoms with Crippen molar-refractivity contribution < 1.29 is 0 Å². The molecule has 0 unspecified atom stereocenters. The number of fused-ring (bicyclic) bond motifs is 6. The van der Waals surface area contributed by atoms with Crippen LogP contribution in [0.5, 0.6) is 0 Å². The largest absolute Gasteiger partial charge is 0.284 e. The zero-order valence-corrected chi connectivity index (χ0v) is 27.5. The summed E-state index contributed by atoms with van der Waals surface area (Å²) in [4.78, 5) is 20.3. The predicted octanol–water partition coefficient (Wildman–Crippen LogP) is 11.3. The summed E-state index contributed by atoms with van der Waals surface area (Å²) in [6.07, 6.45) is 2.02. The summed E-state index contributed by atoms with van der Waals surface area (Å²) in [7, 11) is 0. The maximum absolute atomic E-state index is 5.18. The average molecular weight is 652 g/mol. The number of benzene rings is 6. The molecule has 0 amide bonds. The Kier molecular flexibility index (Phi) is 6.74. The van der Waals surface area contributed by atoms with E-state index in [2.05, 4.69) is 138 Å². The molecule has 5 nitrogen and oxygen atoms in total. The summed E-state index contributed by atoms with van der Waals surface area (Å²) >= 11 is 0. The van der Waals surface area contributed by atoms with Crippen molar-refractivity contribution >= 4 is 38.5 Å². The van der Waals surface area contributed by atoms with Crippen LogP contribution in [0.15, 0.2) is 176 Å². The van der Waals surface area contributed by atoms with Gasteiger partial charge in [0.05, 0.1) is 16.9 Å². The molecule has 0 saturated carbocycles. The van der Waals surface area contributed by atoms with Crippen LogP contribution < -0.4 is 0 Å². The van der Waals surface area contributed by atoms with Crippen LogP contribution in [0.1, 0.15) is 0 Å². The van der Waals surface area contributed by atoms with Crippen LogP contribution in [0, 0.1) is 0 Å². The van der Waals surface area contributed by atoms with Crippen LogP contribution >= 0.6 is 0 Å². The van der Waals surface area contributed by atoms with Gasteiger partial charge in [0.2, 0.25) is 0 Å². The molecule has 0 N–H and O–H groups in total. The van der Waals surface area contributed by atoms with Crippen molar-refractivity contribution in [2.24, 2.45) is 0 Å². The molecule has 5 heteroatoms. The maximum atomic E-state index is 5.18. The van der Waals surface area contributed by atoms with Gasteiger partial charge in [0, 0.05) is 39.0 Å². The van der Waals surface area contributed by atoms with Gasteiger partial charge in [-0.3, -0.25) is 4.40 Å². The number of aromatic nitrogens is 5. The first kappa shape index (κ1) is 29.0. The standard InChI is InChI=1S/C46H29N5/c1-2-11-30(12-3-1)31-20-24-34(25-21-31)43-39-17-6-7-18-40(39)47-45(49-43)36-14-10-13-35(29-36)32-22-26-33(27-23-32)42-37-15-4-5-16-38(37)44-46(50-42)51-28-9-8-19-41(51)48-44/h1-29H. The molecule has 4 aromatic heterocycles. The lowest BCUT2D eigenvalue weighted by Gasteiger charge is -2.12. The Morgan fingerprint density at radius 3 is 1.71 bits per heavy atom. The van der Waals surface area contributed by atoms with E-state index in [9.17, 15) is 0 Å². The van der Waals surface area contributed by atoms with Crippen LogP contribution in [-0.2, 0) is 0 Å². The molecule has 0 aliphatic rings. The highest BCUT2D eigenvalue weighted by Gasteiger charge is 2.16. The smallest absolute Gasteiger partial charge is 0.165 e. The first-order valence-corrected chi connectivity index (χ1v) is 17.1. The lowest BCUT2D eigenvalue weighted by Crippen LogP contribution is -1.95. The molecule has 0 fully saturated rings. The van der Waals surface area contributed by atoms with E-state index in [1.807, 2.05) is 42.6 Å². The SMILES string of the molecule is c1ccc(-c2ccc(-c3nc(-c4cccc(-c5ccc(-c6nc7c(nc8ccccn87)c7ccccc67)cc5)c4)nc4ccccc34)cc2)cc1. The van der Waals surface area contributed by atoms with Gasteiger partial charge in [-0.05, 0) is 46.5 Å². The number of rotatable bonds is 5. The van der Waals surface area contributed by atoms with Crippen molar-refractivity contribution in [3.63, 3.8) is 0 Å². The number of hydrogen-bond donors (Lipinski definition) is 0. The third-order valence-corrected chi connectivity index (χ3v) is 9.64. The minimum absolute atomic E-state index is 0.700. The monoisotopic (exact) mass is 651 g/mol. The Labute approximate surface area is 294 Å². The van der Waals surface area contributed by atoms with Crippen LogP contribution in [0.3, 0.4) is 0 Å². The molecule has 0 aliphatic heterocycles. The fourth-order valence-corrected chi connectivity index (χ4v) is 7.09. The minimum atomic E-state index is 0.700. The van der Waals surface area contributed by atoms with E-state index in [0.717, 1.165) is 77.7 Å². The lowest BCUT2D eigenvalue weighted by molar-refractivity contribution is 1.19. The van der Waals surface area contributed by atoms with Crippen LogP contribution in [0.2, 0.25) is 0 Å². The summed E-state index contributed by atoms with van der Waals surface area (Å²) in [5.74, 6) is 0.700. The fraction of sp³-hybridized carbons (Fsp3) is 0. The molecule has 0 aliphatic carbocycles. The summed E-state index contributed by atoms with van der Waals surface area (Å²) in [6, 6.07) is 58.9. The highest BCUT2D eigenvalue weighted by Crippen LogP contribution is 2.35. The number of para-hydroxylation sites is 1. The second kappa shape index (κ2) is 11.9. The number of imidazole rings is 1. The molecule has 51 heavy (non-hydrogen) atoms. The average Bonchev–Trinajstić information content (AvgIpc) is 3.60. The van der Waals surface area contributed by atoms with Gasteiger partial charge in [-0.15, -0.1) is 0 Å². The van der Waals surface area contributed by atoms with E-state index in [1.54, 1.807) is 0 Å². The van der Waals surface area contributed by atoms with E-state index >= 15 is 0 Å². The molecular weight excluding hydrogens is 623 g/mol. The lowest BCUT2D eigenvalue weighted by atomic mass is 9.98. The molecule has 6 aromatic carbocycles. The van der Waals surface area contributed by atoms with Crippen molar-refractivity contribution in [3.8, 4) is 56.2 Å². The maximum Gasteiger partial charge on any atom is 0.165 e. The molecule has 0 saturated heterocycles.